The Hall–Kier alpha value is -4.14. The summed E-state index contributed by atoms with van der Waals surface area (Å²) < 4.78 is 5.78. The highest BCUT2D eigenvalue weighted by Gasteiger charge is 2.35. The van der Waals surface area contributed by atoms with E-state index in [2.05, 4.69) is 27.5 Å². The summed E-state index contributed by atoms with van der Waals surface area (Å²) in [6.45, 7) is 3.72. The number of fused-ring (bicyclic) bond motifs is 1. The molecule has 0 radical (unpaired) electrons. The summed E-state index contributed by atoms with van der Waals surface area (Å²) in [5.41, 5.74) is 0.307. The number of aromatic nitrogens is 2. The highest BCUT2D eigenvalue weighted by molar-refractivity contribution is 6.04. The first-order valence-corrected chi connectivity index (χ1v) is 11.8. The SMILES string of the molecule is C[C@@H]1CCCN(c2nc3c(c(=O)[nH]2)[C@H](C(=O)Nc2ccc(Oc4ccccc4)cc2)CC(=O)N3)C1. The van der Waals surface area contributed by atoms with E-state index in [9.17, 15) is 14.4 Å². The zero-order valence-corrected chi connectivity index (χ0v) is 19.4. The van der Waals surface area contributed by atoms with Crippen molar-refractivity contribution in [3.63, 3.8) is 0 Å². The molecule has 0 unspecified atom stereocenters. The van der Waals surface area contributed by atoms with Crippen molar-refractivity contribution in [2.45, 2.75) is 32.1 Å². The van der Waals surface area contributed by atoms with Crippen LogP contribution in [0.5, 0.6) is 11.5 Å². The predicted molar refractivity (Wildman–Crippen MR) is 133 cm³/mol. The zero-order chi connectivity index (χ0) is 24.4. The number of aromatic amines is 1. The van der Waals surface area contributed by atoms with Crippen LogP contribution < -0.4 is 25.8 Å². The molecule has 180 valence electrons. The van der Waals surface area contributed by atoms with Crippen LogP contribution in [0.3, 0.4) is 0 Å². The van der Waals surface area contributed by atoms with Crippen LogP contribution in [0.2, 0.25) is 0 Å². The molecule has 2 aliphatic heterocycles. The monoisotopic (exact) mass is 473 g/mol. The van der Waals surface area contributed by atoms with E-state index in [1.54, 1.807) is 24.3 Å². The lowest BCUT2D eigenvalue weighted by Gasteiger charge is -2.32. The molecule has 9 heteroatoms. The fraction of sp³-hybridized carbons (Fsp3) is 0.308. The summed E-state index contributed by atoms with van der Waals surface area (Å²) in [7, 11) is 0. The molecular formula is C26H27N5O4. The normalized spacial score (nSPS) is 19.5. The molecule has 2 aromatic carbocycles. The van der Waals surface area contributed by atoms with Gasteiger partial charge in [-0.1, -0.05) is 25.1 Å². The number of nitrogens with zero attached hydrogens (tertiary/aromatic N) is 2. The molecule has 0 saturated carbocycles. The molecule has 1 fully saturated rings. The van der Waals surface area contributed by atoms with Crippen molar-refractivity contribution in [3.8, 4) is 11.5 Å². The number of benzene rings is 2. The molecule has 3 aromatic rings. The summed E-state index contributed by atoms with van der Waals surface area (Å²) >= 11 is 0. The first kappa shape index (κ1) is 22.6. The molecular weight excluding hydrogens is 446 g/mol. The number of carbonyl (C=O) groups is 2. The molecule has 9 nitrogen and oxygen atoms in total. The number of para-hydroxylation sites is 1. The van der Waals surface area contributed by atoms with Crippen LogP contribution in [0, 0.1) is 5.92 Å². The van der Waals surface area contributed by atoms with E-state index >= 15 is 0 Å². The minimum absolute atomic E-state index is 0.126. The molecule has 3 heterocycles. The standard InChI is InChI=1S/C26H27N5O4/c1-16-6-5-13-31(15-16)26-29-23-22(25(34)30-26)20(14-21(32)28-23)24(33)27-17-9-11-19(12-10-17)35-18-7-3-2-4-8-18/h2-4,7-12,16,20H,5-6,13-15H2,1H3,(H,27,33)(H2,28,29,30,32,34)/t16-,20-/m1/s1. The number of hydrogen-bond acceptors (Lipinski definition) is 6. The Morgan fingerprint density at radius 3 is 2.57 bits per heavy atom. The van der Waals surface area contributed by atoms with Gasteiger partial charge in [-0.05, 0) is 55.2 Å². The number of H-pyrrole nitrogens is 1. The number of carbonyl (C=O) groups excluding carboxylic acids is 2. The van der Waals surface area contributed by atoms with Crippen molar-refractivity contribution < 1.29 is 14.3 Å². The number of piperidine rings is 1. The predicted octanol–water partition coefficient (Wildman–Crippen LogP) is 3.86. The third-order valence-corrected chi connectivity index (χ3v) is 6.31. The van der Waals surface area contributed by atoms with Gasteiger partial charge in [0.15, 0.2) is 0 Å². The highest BCUT2D eigenvalue weighted by Crippen LogP contribution is 2.31. The molecule has 5 rings (SSSR count). The average Bonchev–Trinajstić information content (AvgIpc) is 2.85. The third kappa shape index (κ3) is 5.03. The first-order chi connectivity index (χ1) is 17.0. The van der Waals surface area contributed by atoms with Gasteiger partial charge in [0, 0.05) is 25.2 Å². The summed E-state index contributed by atoms with van der Waals surface area (Å²) in [5.74, 6) is 0.675. The van der Waals surface area contributed by atoms with Gasteiger partial charge in [-0.25, -0.2) is 0 Å². The van der Waals surface area contributed by atoms with E-state index in [-0.39, 0.29) is 23.7 Å². The van der Waals surface area contributed by atoms with Gasteiger partial charge in [-0.15, -0.1) is 0 Å². The van der Waals surface area contributed by atoms with Crippen LogP contribution >= 0.6 is 0 Å². The van der Waals surface area contributed by atoms with E-state index in [4.69, 9.17) is 4.74 Å². The number of hydrogen-bond donors (Lipinski definition) is 3. The Balaban J connectivity index is 1.33. The average molecular weight is 474 g/mol. The minimum Gasteiger partial charge on any atom is -0.457 e. The summed E-state index contributed by atoms with van der Waals surface area (Å²) in [5, 5.41) is 5.49. The van der Waals surface area contributed by atoms with Crippen molar-refractivity contribution in [2.75, 3.05) is 28.6 Å². The van der Waals surface area contributed by atoms with Gasteiger partial charge in [0.1, 0.15) is 17.3 Å². The lowest BCUT2D eigenvalue weighted by Crippen LogP contribution is -2.40. The number of anilines is 3. The van der Waals surface area contributed by atoms with Gasteiger partial charge in [0.25, 0.3) is 5.56 Å². The van der Waals surface area contributed by atoms with Crippen LogP contribution in [-0.2, 0) is 9.59 Å². The van der Waals surface area contributed by atoms with E-state index in [1.807, 2.05) is 35.2 Å². The molecule has 2 aliphatic rings. The first-order valence-electron chi connectivity index (χ1n) is 11.8. The van der Waals surface area contributed by atoms with Crippen molar-refractivity contribution in [2.24, 2.45) is 5.92 Å². The Kier molecular flexibility index (Phi) is 6.22. The molecule has 35 heavy (non-hydrogen) atoms. The maximum Gasteiger partial charge on any atom is 0.258 e. The summed E-state index contributed by atoms with van der Waals surface area (Å²) in [6.07, 6.45) is 2.01. The van der Waals surface area contributed by atoms with Crippen molar-refractivity contribution in [3.05, 3.63) is 70.5 Å². The molecule has 0 bridgehead atoms. The summed E-state index contributed by atoms with van der Waals surface area (Å²) in [6, 6.07) is 16.3. The number of amides is 2. The van der Waals surface area contributed by atoms with E-state index in [1.165, 1.54) is 0 Å². The number of nitrogens with one attached hydrogen (secondary N) is 3. The van der Waals surface area contributed by atoms with Gasteiger partial charge < -0.3 is 20.3 Å². The topological polar surface area (TPSA) is 116 Å². The van der Waals surface area contributed by atoms with Crippen molar-refractivity contribution in [1.82, 2.24) is 9.97 Å². The minimum atomic E-state index is -0.940. The lowest BCUT2D eigenvalue weighted by molar-refractivity contribution is -0.123. The maximum atomic E-state index is 13.1. The van der Waals surface area contributed by atoms with Crippen LogP contribution in [-0.4, -0.2) is 34.9 Å². The zero-order valence-electron chi connectivity index (χ0n) is 19.4. The van der Waals surface area contributed by atoms with Gasteiger partial charge >= 0.3 is 0 Å². The van der Waals surface area contributed by atoms with Gasteiger partial charge in [0.2, 0.25) is 17.8 Å². The van der Waals surface area contributed by atoms with Crippen molar-refractivity contribution in [1.29, 1.82) is 0 Å². The molecule has 0 spiro atoms. The number of rotatable bonds is 5. The van der Waals surface area contributed by atoms with Crippen LogP contribution in [0.4, 0.5) is 17.5 Å². The molecule has 1 saturated heterocycles. The maximum absolute atomic E-state index is 13.1. The van der Waals surface area contributed by atoms with Gasteiger partial charge in [-0.2, -0.15) is 4.98 Å². The van der Waals surface area contributed by atoms with Crippen molar-refractivity contribution >= 4 is 29.3 Å². The second kappa shape index (κ2) is 9.61. The molecule has 1 aromatic heterocycles. The molecule has 2 amide bonds. The van der Waals surface area contributed by atoms with Crippen LogP contribution in [0.25, 0.3) is 0 Å². The second-order valence-corrected chi connectivity index (χ2v) is 9.08. The summed E-state index contributed by atoms with van der Waals surface area (Å²) in [4.78, 5) is 47.9. The fourth-order valence-corrected chi connectivity index (χ4v) is 4.58. The largest absolute Gasteiger partial charge is 0.457 e. The molecule has 0 aliphatic carbocycles. The quantitative estimate of drug-likeness (QED) is 0.518. The Morgan fingerprint density at radius 1 is 1.09 bits per heavy atom. The van der Waals surface area contributed by atoms with Gasteiger partial charge in [-0.3, -0.25) is 19.4 Å². The lowest BCUT2D eigenvalue weighted by atomic mass is 9.92. The van der Waals surface area contributed by atoms with Crippen LogP contribution in [0.15, 0.2) is 59.4 Å². The van der Waals surface area contributed by atoms with E-state index < -0.39 is 17.4 Å². The highest BCUT2D eigenvalue weighted by atomic mass is 16.5. The van der Waals surface area contributed by atoms with E-state index in [0.29, 0.717) is 29.1 Å². The molecule has 3 N–H and O–H groups in total. The van der Waals surface area contributed by atoms with Gasteiger partial charge in [0.05, 0.1) is 11.5 Å². The number of ether oxygens (including phenoxy) is 1. The van der Waals surface area contributed by atoms with E-state index in [0.717, 1.165) is 25.9 Å². The Bertz CT molecular complexity index is 1290. The second-order valence-electron chi connectivity index (χ2n) is 9.08. The smallest absolute Gasteiger partial charge is 0.258 e. The fourth-order valence-electron chi connectivity index (χ4n) is 4.58. The third-order valence-electron chi connectivity index (χ3n) is 6.31. The molecule has 2 atom stereocenters. The Labute approximate surface area is 202 Å². The Morgan fingerprint density at radius 2 is 1.83 bits per heavy atom. The van der Waals surface area contributed by atoms with Crippen LogP contribution in [0.1, 0.15) is 37.7 Å².